The lowest BCUT2D eigenvalue weighted by molar-refractivity contribution is -0.141. The number of hydrogen-bond acceptors (Lipinski definition) is 4. The van der Waals surface area contributed by atoms with Crippen molar-refractivity contribution in [3.8, 4) is 0 Å². The highest BCUT2D eigenvalue weighted by atomic mass is 16.4. The van der Waals surface area contributed by atoms with Gasteiger partial charge in [0.1, 0.15) is 0 Å². The van der Waals surface area contributed by atoms with E-state index >= 15 is 0 Å². The third-order valence-corrected chi connectivity index (χ3v) is 4.47. The van der Waals surface area contributed by atoms with E-state index in [9.17, 15) is 9.59 Å². The van der Waals surface area contributed by atoms with Crippen LogP contribution < -0.4 is 5.73 Å². The molecule has 2 fully saturated rings. The van der Waals surface area contributed by atoms with Crippen molar-refractivity contribution >= 4 is 11.9 Å². The van der Waals surface area contributed by atoms with Crippen molar-refractivity contribution in [1.82, 2.24) is 9.80 Å². The molecule has 0 bridgehead atoms. The second-order valence-corrected chi connectivity index (χ2v) is 5.99. The first-order chi connectivity index (χ1) is 9.51. The predicted molar refractivity (Wildman–Crippen MR) is 75.3 cm³/mol. The Balaban J connectivity index is 1.81. The second kappa shape index (κ2) is 6.54. The summed E-state index contributed by atoms with van der Waals surface area (Å²) in [4.78, 5) is 27.1. The van der Waals surface area contributed by atoms with Gasteiger partial charge in [0.15, 0.2) is 0 Å². The van der Waals surface area contributed by atoms with Crippen molar-refractivity contribution in [1.29, 1.82) is 0 Å². The van der Waals surface area contributed by atoms with Gasteiger partial charge >= 0.3 is 5.97 Å². The van der Waals surface area contributed by atoms with Crippen LogP contribution in [0.4, 0.5) is 0 Å². The maximum atomic E-state index is 12.5. The number of amides is 1. The van der Waals surface area contributed by atoms with E-state index in [1.165, 1.54) is 6.42 Å². The lowest BCUT2D eigenvalue weighted by atomic mass is 9.81. The lowest BCUT2D eigenvalue weighted by Crippen LogP contribution is -2.60. The molecule has 6 nitrogen and oxygen atoms in total. The number of hydrogen-bond donors (Lipinski definition) is 2. The van der Waals surface area contributed by atoms with E-state index in [4.69, 9.17) is 10.8 Å². The Morgan fingerprint density at radius 1 is 1.05 bits per heavy atom. The molecule has 0 atom stereocenters. The molecule has 1 saturated heterocycles. The third kappa shape index (κ3) is 3.70. The van der Waals surface area contributed by atoms with E-state index in [2.05, 4.69) is 4.90 Å². The Kier molecular flexibility index (Phi) is 4.99. The maximum absolute atomic E-state index is 12.5. The molecule has 20 heavy (non-hydrogen) atoms. The minimum absolute atomic E-state index is 0.0927. The minimum Gasteiger partial charge on any atom is -0.481 e. The number of carbonyl (C=O) groups is 2. The molecule has 1 saturated carbocycles. The van der Waals surface area contributed by atoms with Gasteiger partial charge in [0, 0.05) is 32.7 Å². The minimum atomic E-state index is -0.772. The van der Waals surface area contributed by atoms with Gasteiger partial charge in [-0.1, -0.05) is 19.3 Å². The standard InChI is InChI=1S/C14H25N3O3/c15-14(5-2-1-3-6-14)13(20)17-10-8-16(9-11-17)7-4-12(18)19/h1-11,15H2,(H,18,19). The summed E-state index contributed by atoms with van der Waals surface area (Å²) in [6.45, 7) is 3.38. The van der Waals surface area contributed by atoms with Crippen LogP contribution in [0, 0.1) is 0 Å². The number of aliphatic carboxylic acids is 1. The third-order valence-electron chi connectivity index (χ3n) is 4.47. The van der Waals surface area contributed by atoms with Crippen LogP contribution in [0.25, 0.3) is 0 Å². The van der Waals surface area contributed by atoms with Crippen LogP contribution in [0.2, 0.25) is 0 Å². The zero-order valence-corrected chi connectivity index (χ0v) is 12.0. The highest BCUT2D eigenvalue weighted by Gasteiger charge is 2.39. The molecule has 0 radical (unpaired) electrons. The number of nitrogens with zero attached hydrogens (tertiary/aromatic N) is 2. The molecule has 0 unspecified atom stereocenters. The summed E-state index contributed by atoms with van der Waals surface area (Å²) in [5.41, 5.74) is 5.63. The Hall–Kier alpha value is -1.14. The van der Waals surface area contributed by atoms with Crippen molar-refractivity contribution < 1.29 is 14.7 Å². The first-order valence-corrected chi connectivity index (χ1v) is 7.54. The average Bonchev–Trinajstić information content (AvgIpc) is 2.45. The number of piperazine rings is 1. The van der Waals surface area contributed by atoms with Crippen LogP contribution >= 0.6 is 0 Å². The molecular formula is C14H25N3O3. The fourth-order valence-corrected chi connectivity index (χ4v) is 3.14. The van der Waals surface area contributed by atoms with Gasteiger partial charge in [0.2, 0.25) is 5.91 Å². The molecule has 1 amide bonds. The van der Waals surface area contributed by atoms with Gasteiger partial charge in [0.25, 0.3) is 0 Å². The van der Waals surface area contributed by atoms with Gasteiger partial charge < -0.3 is 15.7 Å². The predicted octanol–water partition coefficient (Wildman–Crippen LogP) is 0.267. The van der Waals surface area contributed by atoms with E-state index in [-0.39, 0.29) is 12.3 Å². The quantitative estimate of drug-likeness (QED) is 0.773. The summed E-state index contributed by atoms with van der Waals surface area (Å²) in [6, 6.07) is 0. The molecule has 3 N–H and O–H groups in total. The van der Waals surface area contributed by atoms with E-state index in [0.717, 1.165) is 38.8 Å². The van der Waals surface area contributed by atoms with Gasteiger partial charge in [-0.15, -0.1) is 0 Å². The SMILES string of the molecule is NC1(C(=O)N2CCN(CCC(=O)O)CC2)CCCCC1. The monoisotopic (exact) mass is 283 g/mol. The van der Waals surface area contributed by atoms with Gasteiger partial charge in [-0.05, 0) is 12.8 Å². The molecule has 1 heterocycles. The number of nitrogens with two attached hydrogens (primary N) is 1. The second-order valence-electron chi connectivity index (χ2n) is 5.99. The smallest absolute Gasteiger partial charge is 0.304 e. The largest absolute Gasteiger partial charge is 0.481 e. The highest BCUT2D eigenvalue weighted by Crippen LogP contribution is 2.28. The Bertz CT molecular complexity index is 359. The summed E-state index contributed by atoms with van der Waals surface area (Å²) in [5, 5.41) is 8.68. The fourth-order valence-electron chi connectivity index (χ4n) is 3.14. The van der Waals surface area contributed by atoms with Gasteiger partial charge in [0.05, 0.1) is 12.0 Å². The number of carbonyl (C=O) groups excluding carboxylic acids is 1. The first kappa shape index (κ1) is 15.3. The highest BCUT2D eigenvalue weighted by molar-refractivity contribution is 5.86. The Morgan fingerprint density at radius 3 is 2.20 bits per heavy atom. The van der Waals surface area contributed by atoms with Crippen molar-refractivity contribution in [2.24, 2.45) is 5.73 Å². The average molecular weight is 283 g/mol. The molecule has 2 rings (SSSR count). The van der Waals surface area contributed by atoms with Crippen LogP contribution in [0.5, 0.6) is 0 Å². The molecule has 6 heteroatoms. The van der Waals surface area contributed by atoms with Crippen LogP contribution in [-0.4, -0.2) is 65.0 Å². The molecule has 2 aliphatic rings. The molecule has 1 aliphatic carbocycles. The van der Waals surface area contributed by atoms with Crippen LogP contribution in [0.1, 0.15) is 38.5 Å². The molecule has 0 spiro atoms. The molecule has 0 aromatic rings. The molecule has 0 aromatic carbocycles. The van der Waals surface area contributed by atoms with Gasteiger partial charge in [-0.3, -0.25) is 14.5 Å². The topological polar surface area (TPSA) is 86.9 Å². The summed E-state index contributed by atoms with van der Waals surface area (Å²) in [5.74, 6) is -0.679. The molecule has 1 aliphatic heterocycles. The van der Waals surface area contributed by atoms with Gasteiger partial charge in [-0.2, -0.15) is 0 Å². The zero-order chi connectivity index (χ0) is 14.6. The molecule has 0 aromatic heterocycles. The number of carboxylic acid groups (broad SMARTS) is 1. The molecule has 114 valence electrons. The van der Waals surface area contributed by atoms with E-state index in [1.54, 1.807) is 0 Å². The van der Waals surface area contributed by atoms with Crippen LogP contribution in [0.15, 0.2) is 0 Å². The van der Waals surface area contributed by atoms with E-state index < -0.39 is 11.5 Å². The van der Waals surface area contributed by atoms with Crippen molar-refractivity contribution in [2.75, 3.05) is 32.7 Å². The molecular weight excluding hydrogens is 258 g/mol. The van der Waals surface area contributed by atoms with Gasteiger partial charge in [-0.25, -0.2) is 0 Å². The van der Waals surface area contributed by atoms with Crippen molar-refractivity contribution in [3.05, 3.63) is 0 Å². The van der Waals surface area contributed by atoms with E-state index in [1.807, 2.05) is 4.90 Å². The zero-order valence-electron chi connectivity index (χ0n) is 12.0. The van der Waals surface area contributed by atoms with E-state index in [0.29, 0.717) is 19.6 Å². The number of rotatable bonds is 4. The Morgan fingerprint density at radius 2 is 1.65 bits per heavy atom. The summed E-state index contributed by atoms with van der Waals surface area (Å²) >= 11 is 0. The summed E-state index contributed by atoms with van der Waals surface area (Å²) in [7, 11) is 0. The summed E-state index contributed by atoms with van der Waals surface area (Å²) < 4.78 is 0. The number of carboxylic acids is 1. The van der Waals surface area contributed by atoms with Crippen molar-refractivity contribution in [2.45, 2.75) is 44.1 Å². The fraction of sp³-hybridized carbons (Fsp3) is 0.857. The first-order valence-electron chi connectivity index (χ1n) is 7.54. The normalized spacial score (nSPS) is 23.6. The van der Waals surface area contributed by atoms with Crippen LogP contribution in [-0.2, 0) is 9.59 Å². The van der Waals surface area contributed by atoms with Crippen LogP contribution in [0.3, 0.4) is 0 Å². The summed E-state index contributed by atoms with van der Waals surface area (Å²) in [6.07, 6.45) is 5.02. The maximum Gasteiger partial charge on any atom is 0.304 e. The van der Waals surface area contributed by atoms with Crippen molar-refractivity contribution in [3.63, 3.8) is 0 Å². The lowest BCUT2D eigenvalue weighted by Gasteiger charge is -2.41. The Labute approximate surface area is 119 Å².